The van der Waals surface area contributed by atoms with Gasteiger partial charge >= 0.3 is 5.97 Å². The van der Waals surface area contributed by atoms with Crippen molar-refractivity contribution in [3.8, 4) is 0 Å². The summed E-state index contributed by atoms with van der Waals surface area (Å²) in [6, 6.07) is 7.92. The summed E-state index contributed by atoms with van der Waals surface area (Å²) in [4.78, 5) is 11.3. The lowest BCUT2D eigenvalue weighted by Crippen LogP contribution is -2.23. The first kappa shape index (κ1) is 13.1. The maximum Gasteiger partial charge on any atom is 0.312 e. The Balaban J connectivity index is 2.31. The van der Waals surface area contributed by atoms with E-state index in [1.54, 1.807) is 0 Å². The van der Waals surface area contributed by atoms with Crippen LogP contribution in [0.4, 0.5) is 0 Å². The van der Waals surface area contributed by atoms with Gasteiger partial charge in [-0.15, -0.1) is 0 Å². The van der Waals surface area contributed by atoms with E-state index < -0.39 is 11.9 Å². The van der Waals surface area contributed by atoms with Crippen molar-refractivity contribution >= 4 is 5.97 Å². The van der Waals surface area contributed by atoms with Gasteiger partial charge in [0, 0.05) is 6.54 Å². The third kappa shape index (κ3) is 2.72. The van der Waals surface area contributed by atoms with Gasteiger partial charge in [0.05, 0.1) is 5.92 Å². The molecule has 0 saturated heterocycles. The lowest BCUT2D eigenvalue weighted by molar-refractivity contribution is -0.138. The van der Waals surface area contributed by atoms with Crippen LogP contribution in [-0.2, 0) is 4.79 Å². The molecule has 3 N–H and O–H groups in total. The molecule has 0 aliphatic heterocycles. The molecule has 1 aliphatic carbocycles. The molecule has 0 amide bonds. The molecule has 98 valence electrons. The first-order valence-electron chi connectivity index (χ1n) is 6.75. The maximum atomic E-state index is 11.3. The van der Waals surface area contributed by atoms with Crippen LogP contribution in [0.5, 0.6) is 0 Å². The molecule has 1 aliphatic rings. The minimum Gasteiger partial charge on any atom is -0.481 e. The van der Waals surface area contributed by atoms with Crippen LogP contribution in [0.15, 0.2) is 24.3 Å². The monoisotopic (exact) mass is 247 g/mol. The van der Waals surface area contributed by atoms with Crippen molar-refractivity contribution in [1.82, 2.24) is 0 Å². The van der Waals surface area contributed by atoms with E-state index in [0.717, 1.165) is 5.56 Å². The van der Waals surface area contributed by atoms with Crippen molar-refractivity contribution in [2.75, 3.05) is 6.54 Å². The summed E-state index contributed by atoms with van der Waals surface area (Å²) in [6.07, 6.45) is 6.15. The molecule has 0 aromatic heterocycles. The molecule has 1 aromatic carbocycles. The number of carboxylic acid groups (broad SMARTS) is 1. The average molecular weight is 247 g/mol. The van der Waals surface area contributed by atoms with Crippen LogP contribution in [0.3, 0.4) is 0 Å². The summed E-state index contributed by atoms with van der Waals surface area (Å²) in [5, 5.41) is 9.27. The molecule has 3 heteroatoms. The van der Waals surface area contributed by atoms with Gasteiger partial charge in [-0.05, 0) is 29.9 Å². The van der Waals surface area contributed by atoms with Gasteiger partial charge < -0.3 is 10.8 Å². The zero-order chi connectivity index (χ0) is 13.0. The Bertz CT molecular complexity index is 411. The molecular formula is C15H21NO2. The second-order valence-corrected chi connectivity index (χ2v) is 5.09. The van der Waals surface area contributed by atoms with Crippen LogP contribution in [0.2, 0.25) is 0 Å². The van der Waals surface area contributed by atoms with E-state index in [9.17, 15) is 9.90 Å². The highest BCUT2D eigenvalue weighted by Gasteiger charge is 2.25. The van der Waals surface area contributed by atoms with Crippen molar-refractivity contribution in [2.45, 2.75) is 43.9 Å². The number of aliphatic carboxylic acids is 1. The van der Waals surface area contributed by atoms with Crippen molar-refractivity contribution < 1.29 is 9.90 Å². The summed E-state index contributed by atoms with van der Waals surface area (Å²) < 4.78 is 0. The Hall–Kier alpha value is -1.35. The zero-order valence-corrected chi connectivity index (χ0v) is 10.6. The van der Waals surface area contributed by atoms with E-state index in [4.69, 9.17) is 5.73 Å². The molecule has 18 heavy (non-hydrogen) atoms. The highest BCUT2D eigenvalue weighted by Crippen LogP contribution is 2.36. The van der Waals surface area contributed by atoms with Crippen LogP contribution >= 0.6 is 0 Å². The zero-order valence-electron chi connectivity index (χ0n) is 10.6. The summed E-state index contributed by atoms with van der Waals surface area (Å²) in [6.45, 7) is 0.166. The molecule has 1 fully saturated rings. The van der Waals surface area contributed by atoms with Gasteiger partial charge in [0.2, 0.25) is 0 Å². The number of carboxylic acids is 1. The maximum absolute atomic E-state index is 11.3. The van der Waals surface area contributed by atoms with Gasteiger partial charge in [-0.3, -0.25) is 4.79 Å². The number of rotatable bonds is 4. The third-order valence-corrected chi connectivity index (χ3v) is 3.95. The van der Waals surface area contributed by atoms with Crippen molar-refractivity contribution in [3.05, 3.63) is 35.4 Å². The van der Waals surface area contributed by atoms with Gasteiger partial charge in [0.25, 0.3) is 0 Å². The molecule has 1 atom stereocenters. The van der Waals surface area contributed by atoms with Crippen LogP contribution in [0, 0.1) is 0 Å². The van der Waals surface area contributed by atoms with Crippen LogP contribution in [-0.4, -0.2) is 17.6 Å². The fourth-order valence-corrected chi connectivity index (χ4v) is 2.97. The van der Waals surface area contributed by atoms with E-state index in [0.29, 0.717) is 5.92 Å². The normalized spacial score (nSPS) is 18.5. The summed E-state index contributed by atoms with van der Waals surface area (Å²) in [5.74, 6) is -0.868. The molecule has 1 aromatic rings. The molecule has 0 radical (unpaired) electrons. The van der Waals surface area contributed by atoms with E-state index in [1.807, 2.05) is 18.2 Å². The van der Waals surface area contributed by atoms with Crippen molar-refractivity contribution in [2.24, 2.45) is 5.73 Å². The second kappa shape index (κ2) is 6.01. The van der Waals surface area contributed by atoms with E-state index in [-0.39, 0.29) is 6.54 Å². The van der Waals surface area contributed by atoms with E-state index in [1.165, 1.54) is 37.7 Å². The lowest BCUT2D eigenvalue weighted by atomic mass is 9.79. The fraction of sp³-hybridized carbons (Fsp3) is 0.533. The number of hydrogen-bond donors (Lipinski definition) is 2. The molecule has 1 saturated carbocycles. The average Bonchev–Trinajstić information content (AvgIpc) is 2.41. The van der Waals surface area contributed by atoms with E-state index >= 15 is 0 Å². The smallest absolute Gasteiger partial charge is 0.312 e. The highest BCUT2D eigenvalue weighted by atomic mass is 16.4. The topological polar surface area (TPSA) is 63.3 Å². The number of carbonyl (C=O) groups is 1. The molecule has 0 bridgehead atoms. The van der Waals surface area contributed by atoms with Gasteiger partial charge in [0.15, 0.2) is 0 Å². The van der Waals surface area contributed by atoms with E-state index in [2.05, 4.69) is 6.07 Å². The van der Waals surface area contributed by atoms with Gasteiger partial charge in [-0.2, -0.15) is 0 Å². The Labute approximate surface area is 108 Å². The predicted molar refractivity (Wildman–Crippen MR) is 71.7 cm³/mol. The molecular weight excluding hydrogens is 226 g/mol. The summed E-state index contributed by atoms with van der Waals surface area (Å²) in [5.41, 5.74) is 7.74. The summed E-state index contributed by atoms with van der Waals surface area (Å²) in [7, 11) is 0. The summed E-state index contributed by atoms with van der Waals surface area (Å²) >= 11 is 0. The van der Waals surface area contributed by atoms with Crippen LogP contribution in [0.1, 0.15) is 55.1 Å². The minimum absolute atomic E-state index is 0.166. The van der Waals surface area contributed by atoms with Gasteiger partial charge in [-0.25, -0.2) is 0 Å². The Kier molecular flexibility index (Phi) is 4.37. The first-order chi connectivity index (χ1) is 8.74. The third-order valence-electron chi connectivity index (χ3n) is 3.95. The predicted octanol–water partition coefficient (Wildman–Crippen LogP) is 2.86. The first-order valence-corrected chi connectivity index (χ1v) is 6.75. The lowest BCUT2D eigenvalue weighted by Gasteiger charge is -2.26. The standard InChI is InChI=1S/C15H21NO2/c16-10-14(15(17)18)13-9-5-4-8-12(13)11-6-2-1-3-7-11/h4-5,8-9,11,14H,1-3,6-7,10,16H2,(H,17,18). The molecule has 3 nitrogen and oxygen atoms in total. The van der Waals surface area contributed by atoms with Crippen molar-refractivity contribution in [1.29, 1.82) is 0 Å². The molecule has 0 heterocycles. The Morgan fingerprint density at radius 2 is 1.94 bits per heavy atom. The Morgan fingerprint density at radius 3 is 2.56 bits per heavy atom. The van der Waals surface area contributed by atoms with Crippen molar-refractivity contribution in [3.63, 3.8) is 0 Å². The van der Waals surface area contributed by atoms with Crippen LogP contribution < -0.4 is 5.73 Å². The number of hydrogen-bond acceptors (Lipinski definition) is 2. The molecule has 1 unspecified atom stereocenters. The quantitative estimate of drug-likeness (QED) is 0.860. The van der Waals surface area contributed by atoms with Gasteiger partial charge in [-0.1, -0.05) is 43.5 Å². The number of nitrogens with two attached hydrogens (primary N) is 1. The fourth-order valence-electron chi connectivity index (χ4n) is 2.97. The van der Waals surface area contributed by atoms with Gasteiger partial charge in [0.1, 0.15) is 0 Å². The number of benzene rings is 1. The SMILES string of the molecule is NCC(C(=O)O)c1ccccc1C1CCCCC1. The highest BCUT2D eigenvalue weighted by molar-refractivity contribution is 5.77. The largest absolute Gasteiger partial charge is 0.481 e. The minimum atomic E-state index is -0.819. The van der Waals surface area contributed by atoms with Crippen LogP contribution in [0.25, 0.3) is 0 Å². The molecule has 0 spiro atoms. The Morgan fingerprint density at radius 1 is 1.28 bits per heavy atom. The second-order valence-electron chi connectivity index (χ2n) is 5.09. The molecule has 2 rings (SSSR count).